The number of likely N-dealkylation sites (tertiary alicyclic amines) is 1. The third-order valence-corrected chi connectivity index (χ3v) is 5.51. The normalized spacial score (nSPS) is 17.9. The third kappa shape index (κ3) is 3.94. The van der Waals surface area contributed by atoms with Gasteiger partial charge in [0, 0.05) is 29.5 Å². The maximum absolute atomic E-state index is 13.7. The van der Waals surface area contributed by atoms with Crippen molar-refractivity contribution in [2.75, 3.05) is 0 Å². The van der Waals surface area contributed by atoms with Crippen LogP contribution < -0.4 is 0 Å². The predicted octanol–water partition coefficient (Wildman–Crippen LogP) is 4.80. The second kappa shape index (κ2) is 8.32. The number of aryl methyl sites for hydroxylation is 1. The Morgan fingerprint density at radius 2 is 1.77 bits per heavy atom. The molecule has 1 N–H and O–H groups in total. The van der Waals surface area contributed by atoms with Crippen molar-refractivity contribution in [3.63, 3.8) is 0 Å². The fourth-order valence-electron chi connectivity index (χ4n) is 3.67. The van der Waals surface area contributed by atoms with E-state index in [2.05, 4.69) is 4.98 Å². The molecule has 1 aromatic heterocycles. The number of carbonyl (C=O) groups is 2. The number of hydrogen-bond donors (Lipinski definition) is 1. The first-order valence-corrected chi connectivity index (χ1v) is 9.94. The fourth-order valence-corrected chi connectivity index (χ4v) is 3.79. The summed E-state index contributed by atoms with van der Waals surface area (Å²) < 4.78 is 13.7. The Morgan fingerprint density at radius 3 is 2.42 bits per heavy atom. The van der Waals surface area contributed by atoms with E-state index in [-0.39, 0.29) is 23.4 Å². The molecular formula is C24H18ClFN2O3. The number of aliphatic hydroxyl groups is 1. The number of rotatable bonds is 4. The highest BCUT2D eigenvalue weighted by Gasteiger charge is 2.46. The lowest BCUT2D eigenvalue weighted by Gasteiger charge is -2.25. The molecule has 3 aromatic rings. The van der Waals surface area contributed by atoms with Gasteiger partial charge in [0.15, 0.2) is 0 Å². The number of pyridine rings is 1. The van der Waals surface area contributed by atoms with Gasteiger partial charge in [0.05, 0.1) is 11.6 Å². The van der Waals surface area contributed by atoms with Gasteiger partial charge in [-0.1, -0.05) is 23.7 Å². The minimum Gasteiger partial charge on any atom is -0.507 e. The number of aliphatic hydroxyl groups excluding tert-OH is 1. The summed E-state index contributed by atoms with van der Waals surface area (Å²) in [7, 11) is 0. The van der Waals surface area contributed by atoms with Crippen LogP contribution in [0.4, 0.5) is 4.39 Å². The molecule has 1 unspecified atom stereocenters. The van der Waals surface area contributed by atoms with Gasteiger partial charge in [-0.25, -0.2) is 4.39 Å². The molecule has 156 valence electrons. The highest BCUT2D eigenvalue weighted by Crippen LogP contribution is 2.40. The van der Waals surface area contributed by atoms with Gasteiger partial charge in [-0.2, -0.15) is 0 Å². The van der Waals surface area contributed by atoms with Gasteiger partial charge >= 0.3 is 0 Å². The highest BCUT2D eigenvalue weighted by atomic mass is 35.5. The molecule has 0 saturated carbocycles. The Morgan fingerprint density at radius 1 is 1.10 bits per heavy atom. The van der Waals surface area contributed by atoms with Gasteiger partial charge in [0.25, 0.3) is 11.7 Å². The van der Waals surface area contributed by atoms with Gasteiger partial charge < -0.3 is 10.0 Å². The standard InChI is InChI=1S/C24H18ClFN2O3/c1-14-12-17(4-7-19(14)26)22(29)20-21(16-2-5-18(25)6-3-16)28(24(31)23(20)30)13-15-8-10-27-11-9-15/h2-12,21,29H,13H2,1H3/b22-20-. The average Bonchev–Trinajstić information content (AvgIpc) is 3.01. The number of aromatic nitrogens is 1. The Kier molecular flexibility index (Phi) is 5.57. The molecule has 1 saturated heterocycles. The smallest absolute Gasteiger partial charge is 0.295 e. The number of amides is 1. The van der Waals surface area contributed by atoms with Gasteiger partial charge in [-0.05, 0) is 66.1 Å². The van der Waals surface area contributed by atoms with Crippen molar-refractivity contribution < 1.29 is 19.1 Å². The summed E-state index contributed by atoms with van der Waals surface area (Å²) >= 11 is 6.02. The maximum atomic E-state index is 13.7. The molecule has 1 amide bonds. The summed E-state index contributed by atoms with van der Waals surface area (Å²) in [5, 5.41) is 11.5. The monoisotopic (exact) mass is 436 g/mol. The SMILES string of the molecule is Cc1cc(/C(O)=C2/C(=O)C(=O)N(Cc3ccncc3)C2c2ccc(Cl)cc2)ccc1F. The molecule has 7 heteroatoms. The van der Waals surface area contributed by atoms with Crippen LogP contribution in [0.3, 0.4) is 0 Å². The number of ketones is 1. The number of hydrogen-bond acceptors (Lipinski definition) is 4. The Balaban J connectivity index is 1.87. The van der Waals surface area contributed by atoms with Crippen LogP contribution in [0.5, 0.6) is 0 Å². The zero-order valence-corrected chi connectivity index (χ0v) is 17.3. The van der Waals surface area contributed by atoms with Crippen LogP contribution >= 0.6 is 11.6 Å². The first-order valence-electron chi connectivity index (χ1n) is 9.56. The Bertz CT molecular complexity index is 1190. The van der Waals surface area contributed by atoms with Crippen LogP contribution in [0.15, 0.2) is 72.6 Å². The number of Topliss-reactive ketones (excluding diaryl/α,β-unsaturated/α-hetero) is 1. The van der Waals surface area contributed by atoms with E-state index < -0.39 is 23.5 Å². The fraction of sp³-hybridized carbons (Fsp3) is 0.125. The van der Waals surface area contributed by atoms with Crippen LogP contribution in [0, 0.1) is 12.7 Å². The molecule has 2 aromatic carbocycles. The lowest BCUT2D eigenvalue weighted by molar-refractivity contribution is -0.140. The van der Waals surface area contributed by atoms with Crippen LogP contribution in [0.2, 0.25) is 5.02 Å². The molecule has 5 nitrogen and oxygen atoms in total. The van der Waals surface area contributed by atoms with Crippen molar-refractivity contribution >= 4 is 29.1 Å². The van der Waals surface area contributed by atoms with E-state index in [1.807, 2.05) is 0 Å². The van der Waals surface area contributed by atoms with Crippen molar-refractivity contribution in [2.45, 2.75) is 19.5 Å². The average molecular weight is 437 g/mol. The van der Waals surface area contributed by atoms with E-state index in [9.17, 15) is 19.1 Å². The van der Waals surface area contributed by atoms with Crippen molar-refractivity contribution in [1.82, 2.24) is 9.88 Å². The summed E-state index contributed by atoms with van der Waals surface area (Å²) in [6.45, 7) is 1.71. The van der Waals surface area contributed by atoms with Crippen LogP contribution in [-0.4, -0.2) is 26.7 Å². The van der Waals surface area contributed by atoms with Crippen LogP contribution in [-0.2, 0) is 16.1 Å². The Hall–Kier alpha value is -3.51. The van der Waals surface area contributed by atoms with Gasteiger partial charge in [0.1, 0.15) is 11.6 Å². The molecule has 0 aliphatic carbocycles. The maximum Gasteiger partial charge on any atom is 0.295 e. The van der Waals surface area contributed by atoms with Crippen molar-refractivity contribution in [3.8, 4) is 0 Å². The van der Waals surface area contributed by atoms with Crippen molar-refractivity contribution in [2.24, 2.45) is 0 Å². The summed E-state index contributed by atoms with van der Waals surface area (Å²) in [6.07, 6.45) is 3.20. The molecule has 1 aliphatic rings. The minimum atomic E-state index is -0.823. The highest BCUT2D eigenvalue weighted by molar-refractivity contribution is 6.46. The van der Waals surface area contributed by atoms with Crippen molar-refractivity contribution in [3.05, 3.63) is 106 Å². The van der Waals surface area contributed by atoms with E-state index >= 15 is 0 Å². The van der Waals surface area contributed by atoms with Gasteiger partial charge in [0.2, 0.25) is 0 Å². The van der Waals surface area contributed by atoms with E-state index in [4.69, 9.17) is 11.6 Å². The molecule has 0 bridgehead atoms. The largest absolute Gasteiger partial charge is 0.507 e. The molecule has 0 radical (unpaired) electrons. The molecular weight excluding hydrogens is 419 g/mol. The molecule has 0 spiro atoms. The number of carbonyl (C=O) groups excluding carboxylic acids is 2. The zero-order chi connectivity index (χ0) is 22.1. The molecule has 31 heavy (non-hydrogen) atoms. The third-order valence-electron chi connectivity index (χ3n) is 5.26. The summed E-state index contributed by atoms with van der Waals surface area (Å²) in [5.74, 6) is -2.30. The zero-order valence-electron chi connectivity index (χ0n) is 16.5. The number of halogens is 2. The Labute approximate surface area is 183 Å². The number of benzene rings is 2. The van der Waals surface area contributed by atoms with E-state index in [1.54, 1.807) is 55.7 Å². The molecule has 4 rings (SSSR count). The summed E-state index contributed by atoms with van der Waals surface area (Å²) in [5.41, 5.74) is 1.94. The topological polar surface area (TPSA) is 70.5 Å². The first kappa shape index (κ1) is 20.8. The van der Waals surface area contributed by atoms with E-state index in [0.717, 1.165) is 5.56 Å². The van der Waals surface area contributed by atoms with E-state index in [1.165, 1.54) is 23.1 Å². The molecule has 2 heterocycles. The van der Waals surface area contributed by atoms with Crippen molar-refractivity contribution in [1.29, 1.82) is 0 Å². The second-order valence-corrected chi connectivity index (χ2v) is 7.73. The van der Waals surface area contributed by atoms with E-state index in [0.29, 0.717) is 16.1 Å². The van der Waals surface area contributed by atoms with Crippen LogP contribution in [0.1, 0.15) is 28.3 Å². The van der Waals surface area contributed by atoms with Crippen LogP contribution in [0.25, 0.3) is 5.76 Å². The number of nitrogens with zero attached hydrogens (tertiary/aromatic N) is 2. The molecule has 1 atom stereocenters. The lowest BCUT2D eigenvalue weighted by atomic mass is 9.94. The molecule has 1 aliphatic heterocycles. The summed E-state index contributed by atoms with van der Waals surface area (Å²) in [6, 6.07) is 13.5. The lowest BCUT2D eigenvalue weighted by Crippen LogP contribution is -2.29. The second-order valence-electron chi connectivity index (χ2n) is 7.30. The quantitative estimate of drug-likeness (QED) is 0.362. The first-order chi connectivity index (χ1) is 14.9. The summed E-state index contributed by atoms with van der Waals surface area (Å²) in [4.78, 5) is 31.3. The van der Waals surface area contributed by atoms with Gasteiger partial charge in [-0.3, -0.25) is 14.6 Å². The molecule has 1 fully saturated rings. The van der Waals surface area contributed by atoms with Gasteiger partial charge in [-0.15, -0.1) is 0 Å². The minimum absolute atomic E-state index is 0.0487. The predicted molar refractivity (Wildman–Crippen MR) is 115 cm³/mol.